The van der Waals surface area contributed by atoms with E-state index in [0.29, 0.717) is 29.1 Å². The van der Waals surface area contributed by atoms with Gasteiger partial charge in [0.15, 0.2) is 0 Å². The first-order valence-electron chi connectivity index (χ1n) is 8.61. The molecule has 0 bridgehead atoms. The van der Waals surface area contributed by atoms with E-state index in [2.05, 4.69) is 5.32 Å². The second-order valence-electron chi connectivity index (χ2n) is 6.94. The zero-order chi connectivity index (χ0) is 19.3. The topological polar surface area (TPSA) is 86.7 Å². The molecule has 0 aromatic heterocycles. The van der Waals surface area contributed by atoms with Gasteiger partial charge < -0.3 is 15.3 Å². The molecule has 2 amide bonds. The molecule has 2 aromatic carbocycles. The molecule has 0 radical (unpaired) electrons. The van der Waals surface area contributed by atoms with Crippen molar-refractivity contribution < 1.29 is 19.5 Å². The molecule has 0 spiro atoms. The molecule has 7 heteroatoms. The molecule has 0 saturated heterocycles. The van der Waals surface area contributed by atoms with Gasteiger partial charge >= 0.3 is 5.97 Å². The normalized spacial score (nSPS) is 20.5. The molecule has 1 fully saturated rings. The van der Waals surface area contributed by atoms with Gasteiger partial charge in [0.05, 0.1) is 22.4 Å². The van der Waals surface area contributed by atoms with Gasteiger partial charge in [-0.05, 0) is 55.7 Å². The number of carbonyl (C=O) groups is 3. The van der Waals surface area contributed by atoms with Crippen LogP contribution in [0, 0.1) is 0 Å². The fraction of sp³-hybridized carbons (Fsp3) is 0.250. The number of amides is 2. The number of carbonyl (C=O) groups excluding carboxylic acids is 2. The van der Waals surface area contributed by atoms with Crippen molar-refractivity contribution >= 4 is 35.1 Å². The van der Waals surface area contributed by atoms with Crippen molar-refractivity contribution in [2.45, 2.75) is 31.3 Å². The predicted molar refractivity (Wildman–Crippen MR) is 100 cm³/mol. The van der Waals surface area contributed by atoms with Crippen molar-refractivity contribution in [1.29, 1.82) is 0 Å². The highest BCUT2D eigenvalue weighted by Gasteiger charge is 2.55. The molecule has 1 unspecified atom stereocenters. The molecule has 2 aromatic rings. The van der Waals surface area contributed by atoms with Crippen molar-refractivity contribution in [2.24, 2.45) is 0 Å². The Morgan fingerprint density at radius 2 is 1.85 bits per heavy atom. The largest absolute Gasteiger partial charge is 0.478 e. The van der Waals surface area contributed by atoms with Gasteiger partial charge in [0.2, 0.25) is 5.91 Å². The first-order chi connectivity index (χ1) is 12.8. The summed E-state index contributed by atoms with van der Waals surface area (Å²) in [7, 11) is 0. The Balaban J connectivity index is 1.79. The number of carboxylic acids is 1. The number of hydrogen-bond acceptors (Lipinski definition) is 3. The fourth-order valence-corrected chi connectivity index (χ4v) is 3.91. The van der Waals surface area contributed by atoms with Gasteiger partial charge in [0.1, 0.15) is 6.04 Å². The van der Waals surface area contributed by atoms with Crippen molar-refractivity contribution in [3.05, 3.63) is 64.2 Å². The van der Waals surface area contributed by atoms with E-state index in [1.54, 1.807) is 42.2 Å². The van der Waals surface area contributed by atoms with E-state index in [-0.39, 0.29) is 17.4 Å². The minimum Gasteiger partial charge on any atom is -0.478 e. The van der Waals surface area contributed by atoms with E-state index in [1.807, 2.05) is 0 Å². The highest BCUT2D eigenvalue weighted by Crippen LogP contribution is 2.53. The molecule has 1 aliphatic carbocycles. The Bertz CT molecular complexity index is 966. The van der Waals surface area contributed by atoms with E-state index < -0.39 is 17.6 Å². The van der Waals surface area contributed by atoms with Gasteiger partial charge in [0, 0.05) is 5.02 Å². The quantitative estimate of drug-likeness (QED) is 0.847. The predicted octanol–water partition coefficient (Wildman–Crippen LogP) is 3.51. The molecule has 1 aliphatic heterocycles. The van der Waals surface area contributed by atoms with E-state index in [1.165, 1.54) is 12.1 Å². The maximum Gasteiger partial charge on any atom is 0.335 e. The monoisotopic (exact) mass is 384 g/mol. The molecule has 1 heterocycles. The summed E-state index contributed by atoms with van der Waals surface area (Å²) in [6.07, 6.45) is 1.43. The molecule has 2 N–H and O–H groups in total. The van der Waals surface area contributed by atoms with Crippen LogP contribution in [0.1, 0.15) is 46.0 Å². The summed E-state index contributed by atoms with van der Waals surface area (Å²) in [6.45, 7) is 1.70. The average molecular weight is 385 g/mol. The molecule has 2 aliphatic rings. The van der Waals surface area contributed by atoms with Crippen LogP contribution in [0.3, 0.4) is 0 Å². The van der Waals surface area contributed by atoms with Gasteiger partial charge in [-0.15, -0.1) is 0 Å². The third-order valence-corrected chi connectivity index (χ3v) is 5.54. The molecule has 1 saturated carbocycles. The Morgan fingerprint density at radius 1 is 1.19 bits per heavy atom. The minimum atomic E-state index is -1.00. The van der Waals surface area contributed by atoms with Gasteiger partial charge in [-0.25, -0.2) is 4.79 Å². The molecule has 1 atom stereocenters. The second kappa shape index (κ2) is 6.09. The average Bonchev–Trinajstić information content (AvgIpc) is 3.43. The van der Waals surface area contributed by atoms with Gasteiger partial charge in [-0.2, -0.15) is 0 Å². The standard InChI is InChI=1S/C20H17ClN2O4/c1-11-17(24)22-16-10-14(21)6-7-15(16)18(25)23(11)20(8-9-20)13-4-2-12(3-5-13)19(26)27/h2-7,10-11H,8-9H2,1H3,(H,22,24)(H,26,27). The summed E-state index contributed by atoms with van der Waals surface area (Å²) in [5.74, 6) is -1.53. The van der Waals surface area contributed by atoms with Crippen molar-refractivity contribution in [3.8, 4) is 0 Å². The number of aromatic carboxylic acids is 1. The number of halogens is 1. The summed E-state index contributed by atoms with van der Waals surface area (Å²) in [5, 5.41) is 12.3. The second-order valence-corrected chi connectivity index (χ2v) is 7.38. The first-order valence-corrected chi connectivity index (χ1v) is 8.99. The molecular formula is C20H17ClN2O4. The Hall–Kier alpha value is -2.86. The Kier molecular flexibility index (Phi) is 3.96. The third-order valence-electron chi connectivity index (χ3n) is 5.31. The smallest absolute Gasteiger partial charge is 0.335 e. The summed E-state index contributed by atoms with van der Waals surface area (Å²) in [4.78, 5) is 38.7. The lowest BCUT2D eigenvalue weighted by Gasteiger charge is -2.35. The van der Waals surface area contributed by atoms with Crippen LogP contribution in [0.4, 0.5) is 5.69 Å². The lowest BCUT2D eigenvalue weighted by Crippen LogP contribution is -2.49. The number of nitrogens with zero attached hydrogens (tertiary/aromatic N) is 1. The van der Waals surface area contributed by atoms with Crippen molar-refractivity contribution in [2.75, 3.05) is 5.32 Å². The highest BCUT2D eigenvalue weighted by atomic mass is 35.5. The van der Waals surface area contributed by atoms with Crippen molar-refractivity contribution in [3.63, 3.8) is 0 Å². The van der Waals surface area contributed by atoms with E-state index >= 15 is 0 Å². The summed E-state index contributed by atoms with van der Waals surface area (Å²) in [6, 6.07) is 10.6. The van der Waals surface area contributed by atoms with Crippen molar-refractivity contribution in [1.82, 2.24) is 4.90 Å². The number of nitrogens with one attached hydrogen (secondary N) is 1. The van der Waals surface area contributed by atoms with E-state index in [0.717, 1.165) is 5.56 Å². The lowest BCUT2D eigenvalue weighted by molar-refractivity contribution is -0.120. The van der Waals surface area contributed by atoms with Crippen LogP contribution in [0.25, 0.3) is 0 Å². The van der Waals surface area contributed by atoms with Crippen LogP contribution in [0.15, 0.2) is 42.5 Å². The molecule has 4 rings (SSSR count). The zero-order valence-corrected chi connectivity index (χ0v) is 15.3. The number of fused-ring (bicyclic) bond motifs is 1. The van der Waals surface area contributed by atoms with Crippen LogP contribution >= 0.6 is 11.6 Å². The molecule has 27 heavy (non-hydrogen) atoms. The van der Waals surface area contributed by atoms with Crippen LogP contribution in [-0.4, -0.2) is 33.8 Å². The summed E-state index contributed by atoms with van der Waals surface area (Å²) >= 11 is 6.01. The van der Waals surface area contributed by atoms with Crippen LogP contribution in [-0.2, 0) is 10.3 Å². The van der Waals surface area contributed by atoms with Crippen LogP contribution in [0.2, 0.25) is 5.02 Å². The van der Waals surface area contributed by atoms with Gasteiger partial charge in [0.25, 0.3) is 5.91 Å². The number of hydrogen-bond donors (Lipinski definition) is 2. The molecular weight excluding hydrogens is 368 g/mol. The maximum absolute atomic E-state index is 13.3. The van der Waals surface area contributed by atoms with Crippen LogP contribution < -0.4 is 5.32 Å². The minimum absolute atomic E-state index is 0.183. The molecule has 6 nitrogen and oxygen atoms in total. The zero-order valence-electron chi connectivity index (χ0n) is 14.5. The van der Waals surface area contributed by atoms with Crippen LogP contribution in [0.5, 0.6) is 0 Å². The number of carboxylic acid groups (broad SMARTS) is 1. The van der Waals surface area contributed by atoms with Gasteiger partial charge in [-0.3, -0.25) is 9.59 Å². The Labute approximate surface area is 160 Å². The Morgan fingerprint density at radius 3 is 2.44 bits per heavy atom. The molecule has 138 valence electrons. The number of rotatable bonds is 3. The first kappa shape index (κ1) is 17.5. The maximum atomic E-state index is 13.3. The SMILES string of the molecule is CC1C(=O)Nc2cc(Cl)ccc2C(=O)N1C1(c2ccc(C(=O)O)cc2)CC1. The van der Waals surface area contributed by atoms with E-state index in [9.17, 15) is 14.4 Å². The summed E-state index contributed by atoms with van der Waals surface area (Å²) in [5.41, 5.74) is 1.21. The number of benzene rings is 2. The number of anilines is 1. The highest BCUT2D eigenvalue weighted by molar-refractivity contribution is 6.31. The van der Waals surface area contributed by atoms with E-state index in [4.69, 9.17) is 16.7 Å². The third kappa shape index (κ3) is 2.77. The van der Waals surface area contributed by atoms with Gasteiger partial charge in [-0.1, -0.05) is 23.7 Å². The summed E-state index contributed by atoms with van der Waals surface area (Å²) < 4.78 is 0. The fourth-order valence-electron chi connectivity index (χ4n) is 3.74. The lowest BCUT2D eigenvalue weighted by atomic mass is 9.98.